The second-order valence-electron chi connectivity index (χ2n) is 4.16. The lowest BCUT2D eigenvalue weighted by molar-refractivity contribution is -0.387. The average Bonchev–Trinajstić information content (AvgIpc) is 2.36. The van der Waals surface area contributed by atoms with Crippen molar-refractivity contribution in [2.75, 3.05) is 13.1 Å². The van der Waals surface area contributed by atoms with Gasteiger partial charge < -0.3 is 5.32 Å². The predicted molar refractivity (Wildman–Crippen MR) is 83.7 cm³/mol. The third kappa shape index (κ3) is 5.40. The Morgan fingerprint density at radius 2 is 2.05 bits per heavy atom. The van der Waals surface area contributed by atoms with Crippen LogP contribution in [0.2, 0.25) is 5.02 Å². The van der Waals surface area contributed by atoms with Gasteiger partial charge in [0.05, 0.1) is 9.95 Å². The van der Waals surface area contributed by atoms with Crippen LogP contribution in [0.15, 0.2) is 23.1 Å². The van der Waals surface area contributed by atoms with Crippen LogP contribution in [-0.4, -0.2) is 32.5 Å². The lowest BCUT2D eigenvalue weighted by Crippen LogP contribution is -2.39. The lowest BCUT2D eigenvalue weighted by Gasteiger charge is -2.14. The zero-order valence-corrected chi connectivity index (χ0v) is 13.9. The number of sulfonamides is 1. The maximum Gasteiger partial charge on any atom is 0.290 e. The molecule has 0 unspecified atom stereocenters. The molecule has 1 rings (SSSR count). The second-order valence-corrected chi connectivity index (χ2v) is 6.27. The second kappa shape index (κ2) is 8.50. The summed E-state index contributed by atoms with van der Waals surface area (Å²) >= 11 is 5.80. The van der Waals surface area contributed by atoms with Crippen LogP contribution in [-0.2, 0) is 10.0 Å². The van der Waals surface area contributed by atoms with Gasteiger partial charge in [-0.15, -0.1) is 12.4 Å². The Hall–Kier alpha value is -0.930. The van der Waals surface area contributed by atoms with Gasteiger partial charge in [0.2, 0.25) is 10.0 Å². The quantitative estimate of drug-likeness (QED) is 0.573. The molecule has 0 saturated carbocycles. The Kier molecular flexibility index (Phi) is 8.12. The first-order valence-electron chi connectivity index (χ1n) is 5.95. The molecule has 0 fully saturated rings. The van der Waals surface area contributed by atoms with E-state index in [1.807, 2.05) is 6.92 Å². The highest BCUT2D eigenvalue weighted by atomic mass is 35.5. The van der Waals surface area contributed by atoms with Gasteiger partial charge in [-0.05, 0) is 19.5 Å². The minimum atomic E-state index is -4.04. The summed E-state index contributed by atoms with van der Waals surface area (Å²) in [7, 11) is -4.04. The molecule has 21 heavy (non-hydrogen) atoms. The van der Waals surface area contributed by atoms with Crippen molar-refractivity contribution in [3.05, 3.63) is 33.3 Å². The fourth-order valence-electron chi connectivity index (χ4n) is 1.63. The van der Waals surface area contributed by atoms with Crippen LogP contribution in [0.3, 0.4) is 0 Å². The largest absolute Gasteiger partial charge is 0.313 e. The van der Waals surface area contributed by atoms with Crippen molar-refractivity contribution < 1.29 is 13.3 Å². The predicted octanol–water partition coefficient (Wildman–Crippen LogP) is 1.95. The molecule has 120 valence electrons. The third-order valence-electron chi connectivity index (χ3n) is 2.54. The standard InChI is InChI=1S/C11H16ClN3O4S.ClH/c1-3-13-8(2)7-14-20(18,19)11-9(12)5-4-6-10(11)15(16)17;/h4-6,8,13-14H,3,7H2,1-2H3;1H/t8-;/m1./s1. The van der Waals surface area contributed by atoms with Crippen molar-refractivity contribution in [3.8, 4) is 0 Å². The molecule has 0 aliphatic heterocycles. The topological polar surface area (TPSA) is 101 Å². The summed E-state index contributed by atoms with van der Waals surface area (Å²) < 4.78 is 26.6. The van der Waals surface area contributed by atoms with Gasteiger partial charge in [-0.1, -0.05) is 24.6 Å². The molecule has 0 aliphatic rings. The van der Waals surface area contributed by atoms with Gasteiger partial charge in [-0.3, -0.25) is 10.1 Å². The highest BCUT2D eigenvalue weighted by molar-refractivity contribution is 7.89. The van der Waals surface area contributed by atoms with Crippen molar-refractivity contribution in [2.45, 2.75) is 24.8 Å². The van der Waals surface area contributed by atoms with Gasteiger partial charge in [0.15, 0.2) is 4.90 Å². The highest BCUT2D eigenvalue weighted by Crippen LogP contribution is 2.30. The monoisotopic (exact) mass is 357 g/mol. The first-order valence-corrected chi connectivity index (χ1v) is 7.81. The molecule has 0 spiro atoms. The maximum atomic E-state index is 12.2. The number of nitrogens with zero attached hydrogens (tertiary/aromatic N) is 1. The maximum absolute atomic E-state index is 12.2. The van der Waals surface area contributed by atoms with Gasteiger partial charge in [0.25, 0.3) is 5.69 Å². The molecule has 0 amide bonds. The number of benzene rings is 1. The van der Waals surface area contributed by atoms with Gasteiger partial charge in [-0.25, -0.2) is 13.1 Å². The average molecular weight is 358 g/mol. The fourth-order valence-corrected chi connectivity index (χ4v) is 3.47. The normalized spacial score (nSPS) is 12.5. The number of hydrogen-bond acceptors (Lipinski definition) is 5. The van der Waals surface area contributed by atoms with E-state index in [2.05, 4.69) is 10.0 Å². The van der Waals surface area contributed by atoms with Crippen molar-refractivity contribution >= 4 is 39.7 Å². The molecule has 2 N–H and O–H groups in total. The Morgan fingerprint density at radius 1 is 1.43 bits per heavy atom. The first kappa shape index (κ1) is 20.1. The molecular weight excluding hydrogens is 341 g/mol. The van der Waals surface area contributed by atoms with Crippen LogP contribution < -0.4 is 10.0 Å². The van der Waals surface area contributed by atoms with Crippen LogP contribution in [0.25, 0.3) is 0 Å². The number of nitro benzene ring substituents is 1. The fraction of sp³-hybridized carbons (Fsp3) is 0.455. The summed E-state index contributed by atoms with van der Waals surface area (Å²) in [5.41, 5.74) is -0.541. The molecular formula is C11H17Cl2N3O4S. The molecule has 0 saturated heterocycles. The van der Waals surface area contributed by atoms with E-state index in [0.717, 1.165) is 6.07 Å². The summed E-state index contributed by atoms with van der Waals surface area (Å²) in [5, 5.41) is 13.8. The summed E-state index contributed by atoms with van der Waals surface area (Å²) in [6, 6.07) is 3.64. The Morgan fingerprint density at radius 3 is 2.57 bits per heavy atom. The Balaban J connectivity index is 0.00000400. The molecule has 0 heterocycles. The lowest BCUT2D eigenvalue weighted by atomic mass is 10.3. The Labute approximate surface area is 134 Å². The minimum absolute atomic E-state index is 0. The zero-order chi connectivity index (χ0) is 15.3. The summed E-state index contributed by atoms with van der Waals surface area (Å²) in [5.74, 6) is 0. The first-order chi connectivity index (χ1) is 9.29. The number of hydrogen-bond donors (Lipinski definition) is 2. The van der Waals surface area contributed by atoms with Crippen LogP contribution in [0, 0.1) is 10.1 Å². The van der Waals surface area contributed by atoms with Crippen LogP contribution in [0.5, 0.6) is 0 Å². The number of nitro groups is 1. The number of likely N-dealkylation sites (N-methyl/N-ethyl adjacent to an activating group) is 1. The number of halogens is 2. The SMILES string of the molecule is CCN[C@H](C)CNS(=O)(=O)c1c(Cl)cccc1[N+](=O)[O-].Cl. The molecule has 7 nitrogen and oxygen atoms in total. The Bertz CT molecular complexity index is 595. The molecule has 0 radical (unpaired) electrons. The zero-order valence-electron chi connectivity index (χ0n) is 11.5. The third-order valence-corrected chi connectivity index (χ3v) is 4.48. The van der Waals surface area contributed by atoms with Crippen LogP contribution >= 0.6 is 24.0 Å². The summed E-state index contributed by atoms with van der Waals surface area (Å²) in [4.78, 5) is 9.63. The van der Waals surface area contributed by atoms with Crippen LogP contribution in [0.4, 0.5) is 5.69 Å². The number of nitrogens with one attached hydrogen (secondary N) is 2. The van der Waals surface area contributed by atoms with Crippen molar-refractivity contribution in [3.63, 3.8) is 0 Å². The highest BCUT2D eigenvalue weighted by Gasteiger charge is 2.28. The molecule has 1 aromatic carbocycles. The van der Waals surface area contributed by atoms with E-state index in [-0.39, 0.29) is 30.0 Å². The van der Waals surface area contributed by atoms with E-state index >= 15 is 0 Å². The molecule has 0 aliphatic carbocycles. The van der Waals surface area contributed by atoms with Gasteiger partial charge in [0.1, 0.15) is 0 Å². The van der Waals surface area contributed by atoms with E-state index in [4.69, 9.17) is 11.6 Å². The van der Waals surface area contributed by atoms with Gasteiger partial charge >= 0.3 is 0 Å². The van der Waals surface area contributed by atoms with Gasteiger partial charge in [0, 0.05) is 18.7 Å². The molecule has 1 atom stereocenters. The molecule has 1 aromatic rings. The van der Waals surface area contributed by atoms with Crippen LogP contribution in [0.1, 0.15) is 13.8 Å². The smallest absolute Gasteiger partial charge is 0.290 e. The van der Waals surface area contributed by atoms with E-state index in [1.54, 1.807) is 6.92 Å². The van der Waals surface area contributed by atoms with E-state index in [1.165, 1.54) is 12.1 Å². The van der Waals surface area contributed by atoms with Crippen molar-refractivity contribution in [1.82, 2.24) is 10.0 Å². The molecule has 0 bridgehead atoms. The number of rotatable bonds is 7. The van der Waals surface area contributed by atoms with Crippen molar-refractivity contribution in [2.24, 2.45) is 0 Å². The van der Waals surface area contributed by atoms with E-state index in [0.29, 0.717) is 6.54 Å². The minimum Gasteiger partial charge on any atom is -0.313 e. The molecule has 10 heteroatoms. The van der Waals surface area contributed by atoms with E-state index < -0.39 is 25.5 Å². The summed E-state index contributed by atoms with van der Waals surface area (Å²) in [6.07, 6.45) is 0. The van der Waals surface area contributed by atoms with Gasteiger partial charge in [-0.2, -0.15) is 0 Å². The van der Waals surface area contributed by atoms with Crippen molar-refractivity contribution in [1.29, 1.82) is 0 Å². The van der Waals surface area contributed by atoms with E-state index in [9.17, 15) is 18.5 Å². The summed E-state index contributed by atoms with van der Waals surface area (Å²) in [6.45, 7) is 4.49. The molecule has 0 aromatic heterocycles.